The van der Waals surface area contributed by atoms with Crippen molar-refractivity contribution in [3.8, 4) is 5.75 Å². The van der Waals surface area contributed by atoms with Gasteiger partial charge in [-0.2, -0.15) is 0 Å². The maximum Gasteiger partial charge on any atom is 0.303 e. The zero-order valence-electron chi connectivity index (χ0n) is 10.9. The molecule has 0 aliphatic heterocycles. The molecule has 0 saturated heterocycles. The lowest BCUT2D eigenvalue weighted by Crippen LogP contribution is -2.25. The molecule has 0 saturated carbocycles. The van der Waals surface area contributed by atoms with Crippen molar-refractivity contribution in [3.63, 3.8) is 0 Å². The minimum atomic E-state index is -3.73. The quantitative estimate of drug-likeness (QED) is 0.687. The zero-order chi connectivity index (χ0) is 15.2. The Bertz CT molecular complexity index is 573. The first-order chi connectivity index (χ1) is 9.36. The van der Waals surface area contributed by atoms with Crippen molar-refractivity contribution in [1.82, 2.24) is 4.72 Å². The highest BCUT2D eigenvalue weighted by molar-refractivity contribution is 9.10. The SMILES string of the molecule is CCOc1ccc(Br)cc1S(=O)(=O)NCCCC(=O)O. The average Bonchev–Trinajstić information content (AvgIpc) is 2.37. The molecule has 6 nitrogen and oxygen atoms in total. The number of carboxylic acids is 1. The van der Waals surface area contributed by atoms with Gasteiger partial charge in [-0.3, -0.25) is 4.79 Å². The van der Waals surface area contributed by atoms with Gasteiger partial charge in [0, 0.05) is 17.4 Å². The topological polar surface area (TPSA) is 92.7 Å². The minimum Gasteiger partial charge on any atom is -0.492 e. The van der Waals surface area contributed by atoms with Crippen molar-refractivity contribution in [2.45, 2.75) is 24.7 Å². The van der Waals surface area contributed by atoms with Gasteiger partial charge in [0.15, 0.2) is 0 Å². The number of nitrogens with one attached hydrogen (secondary N) is 1. The smallest absolute Gasteiger partial charge is 0.303 e. The van der Waals surface area contributed by atoms with E-state index in [1.165, 1.54) is 6.07 Å². The van der Waals surface area contributed by atoms with Gasteiger partial charge in [-0.25, -0.2) is 13.1 Å². The fourth-order valence-corrected chi connectivity index (χ4v) is 3.25. The van der Waals surface area contributed by atoms with E-state index in [0.717, 1.165) is 0 Å². The van der Waals surface area contributed by atoms with E-state index in [1.807, 2.05) is 0 Å². The third-order valence-corrected chi connectivity index (χ3v) is 4.33. The lowest BCUT2D eigenvalue weighted by Gasteiger charge is -2.12. The van der Waals surface area contributed by atoms with Gasteiger partial charge in [0.1, 0.15) is 10.6 Å². The van der Waals surface area contributed by atoms with Crippen molar-refractivity contribution in [2.75, 3.05) is 13.2 Å². The first-order valence-corrected chi connectivity index (χ1v) is 8.28. The summed E-state index contributed by atoms with van der Waals surface area (Å²) < 4.78 is 32.6. The summed E-state index contributed by atoms with van der Waals surface area (Å²) in [6.45, 7) is 2.18. The number of carbonyl (C=O) groups is 1. The van der Waals surface area contributed by atoms with Crippen LogP contribution in [0.2, 0.25) is 0 Å². The zero-order valence-corrected chi connectivity index (χ0v) is 13.3. The molecular formula is C12H16BrNO5S. The first kappa shape index (κ1) is 16.9. The molecule has 1 aromatic rings. The summed E-state index contributed by atoms with van der Waals surface area (Å²) in [5, 5.41) is 8.51. The number of sulfonamides is 1. The molecule has 2 N–H and O–H groups in total. The molecule has 1 aromatic carbocycles. The van der Waals surface area contributed by atoms with Crippen LogP contribution in [0.3, 0.4) is 0 Å². The van der Waals surface area contributed by atoms with E-state index >= 15 is 0 Å². The Morgan fingerprint density at radius 1 is 1.45 bits per heavy atom. The predicted octanol–water partition coefficient (Wildman–Crippen LogP) is 1.99. The van der Waals surface area contributed by atoms with Crippen LogP contribution in [0.15, 0.2) is 27.6 Å². The van der Waals surface area contributed by atoms with Gasteiger partial charge < -0.3 is 9.84 Å². The lowest BCUT2D eigenvalue weighted by atomic mass is 10.3. The van der Waals surface area contributed by atoms with Crippen molar-refractivity contribution < 1.29 is 23.1 Å². The number of ether oxygens (including phenoxy) is 1. The van der Waals surface area contributed by atoms with Crippen LogP contribution in [0.25, 0.3) is 0 Å². The highest BCUT2D eigenvalue weighted by Gasteiger charge is 2.19. The second kappa shape index (κ2) is 7.61. The fraction of sp³-hybridized carbons (Fsp3) is 0.417. The molecule has 0 aliphatic carbocycles. The Morgan fingerprint density at radius 3 is 2.75 bits per heavy atom. The number of halogens is 1. The highest BCUT2D eigenvalue weighted by Crippen LogP contribution is 2.27. The summed E-state index contributed by atoms with van der Waals surface area (Å²) >= 11 is 3.22. The third-order valence-electron chi connectivity index (χ3n) is 2.35. The maximum atomic E-state index is 12.2. The summed E-state index contributed by atoms with van der Waals surface area (Å²) in [4.78, 5) is 10.4. The molecule has 0 aliphatic rings. The van der Waals surface area contributed by atoms with Gasteiger partial charge >= 0.3 is 5.97 Å². The third kappa shape index (κ3) is 5.10. The Balaban J connectivity index is 2.85. The van der Waals surface area contributed by atoms with Crippen LogP contribution in [0.4, 0.5) is 0 Å². The van der Waals surface area contributed by atoms with E-state index in [4.69, 9.17) is 9.84 Å². The van der Waals surface area contributed by atoms with Gasteiger partial charge in [-0.1, -0.05) is 15.9 Å². The minimum absolute atomic E-state index is 0.0315. The van der Waals surface area contributed by atoms with Crippen LogP contribution >= 0.6 is 15.9 Å². The number of carboxylic acid groups (broad SMARTS) is 1. The van der Waals surface area contributed by atoms with Gasteiger partial charge in [-0.05, 0) is 31.5 Å². The Morgan fingerprint density at radius 2 is 2.15 bits per heavy atom. The van der Waals surface area contributed by atoms with E-state index in [0.29, 0.717) is 11.1 Å². The molecule has 112 valence electrons. The largest absolute Gasteiger partial charge is 0.492 e. The second-order valence-corrected chi connectivity index (χ2v) is 6.57. The summed E-state index contributed by atoms with van der Waals surface area (Å²) in [5.74, 6) is -0.692. The van der Waals surface area contributed by atoms with E-state index in [1.54, 1.807) is 19.1 Å². The van der Waals surface area contributed by atoms with E-state index in [-0.39, 0.29) is 30.0 Å². The van der Waals surface area contributed by atoms with E-state index in [9.17, 15) is 13.2 Å². The van der Waals surface area contributed by atoms with Crippen LogP contribution in [0.5, 0.6) is 5.75 Å². The number of hydrogen-bond acceptors (Lipinski definition) is 4. The summed E-state index contributed by atoms with van der Waals surface area (Å²) in [6.07, 6.45) is 0.145. The van der Waals surface area contributed by atoms with Crippen LogP contribution in [-0.4, -0.2) is 32.6 Å². The highest BCUT2D eigenvalue weighted by atomic mass is 79.9. The monoisotopic (exact) mass is 365 g/mol. The molecule has 0 bridgehead atoms. The number of hydrogen-bond donors (Lipinski definition) is 2. The van der Waals surface area contributed by atoms with Crippen molar-refractivity contribution in [1.29, 1.82) is 0 Å². The molecule has 1 rings (SSSR count). The van der Waals surface area contributed by atoms with Crippen molar-refractivity contribution in [2.24, 2.45) is 0 Å². The van der Waals surface area contributed by atoms with Gasteiger partial charge in [0.2, 0.25) is 10.0 Å². The van der Waals surface area contributed by atoms with Crippen LogP contribution < -0.4 is 9.46 Å². The second-order valence-electron chi connectivity index (χ2n) is 3.92. The molecule has 0 aromatic heterocycles. The Kier molecular flexibility index (Phi) is 6.44. The molecule has 20 heavy (non-hydrogen) atoms. The van der Waals surface area contributed by atoms with Crippen molar-refractivity contribution >= 4 is 31.9 Å². The van der Waals surface area contributed by atoms with Gasteiger partial charge in [-0.15, -0.1) is 0 Å². The summed E-state index contributed by atoms with van der Waals surface area (Å²) in [5.41, 5.74) is 0. The lowest BCUT2D eigenvalue weighted by molar-refractivity contribution is -0.137. The standard InChI is InChI=1S/C12H16BrNO5S/c1-2-19-10-6-5-9(13)8-11(10)20(17,18)14-7-3-4-12(15)16/h5-6,8,14H,2-4,7H2,1H3,(H,15,16). The van der Waals surface area contributed by atoms with Crippen LogP contribution in [-0.2, 0) is 14.8 Å². The average molecular weight is 366 g/mol. The normalized spacial score (nSPS) is 11.3. The Labute approximate surface area is 126 Å². The molecule has 0 amide bonds. The van der Waals surface area contributed by atoms with Crippen molar-refractivity contribution in [3.05, 3.63) is 22.7 Å². The Hall–Kier alpha value is -1.12. The molecule has 0 atom stereocenters. The van der Waals surface area contributed by atoms with Gasteiger partial charge in [0.25, 0.3) is 0 Å². The molecular weight excluding hydrogens is 350 g/mol. The molecule has 0 fully saturated rings. The van der Waals surface area contributed by atoms with Crippen LogP contribution in [0.1, 0.15) is 19.8 Å². The number of benzene rings is 1. The number of aliphatic carboxylic acids is 1. The number of rotatable bonds is 8. The van der Waals surface area contributed by atoms with E-state index < -0.39 is 16.0 Å². The first-order valence-electron chi connectivity index (χ1n) is 6.00. The molecule has 0 radical (unpaired) electrons. The molecule has 8 heteroatoms. The molecule has 0 spiro atoms. The predicted molar refractivity (Wildman–Crippen MR) is 77.4 cm³/mol. The molecule has 0 heterocycles. The van der Waals surface area contributed by atoms with Crippen LogP contribution in [0, 0.1) is 0 Å². The van der Waals surface area contributed by atoms with E-state index in [2.05, 4.69) is 20.7 Å². The fourth-order valence-electron chi connectivity index (χ4n) is 1.49. The summed E-state index contributed by atoms with van der Waals surface area (Å²) in [7, 11) is -3.73. The maximum absolute atomic E-state index is 12.2. The van der Waals surface area contributed by atoms with Gasteiger partial charge in [0.05, 0.1) is 6.61 Å². The summed E-state index contributed by atoms with van der Waals surface area (Å²) in [6, 6.07) is 4.71. The molecule has 0 unspecified atom stereocenters.